The number of imidazole rings is 1. The Morgan fingerprint density at radius 1 is 1.13 bits per heavy atom. The minimum atomic E-state index is -3.87. The van der Waals surface area contributed by atoms with Crippen LogP contribution < -0.4 is 5.14 Å². The Kier molecular flexibility index (Phi) is 5.38. The van der Waals surface area contributed by atoms with Crippen molar-refractivity contribution >= 4 is 38.2 Å². The summed E-state index contributed by atoms with van der Waals surface area (Å²) in [5.74, 6) is -0.153. The number of sulfonamides is 1. The molecule has 0 radical (unpaired) electrons. The van der Waals surface area contributed by atoms with E-state index in [1.165, 1.54) is 12.1 Å². The molecule has 6 nitrogen and oxygen atoms in total. The highest BCUT2D eigenvalue weighted by Gasteiger charge is 2.16. The van der Waals surface area contributed by atoms with Crippen LogP contribution in [0.3, 0.4) is 0 Å². The van der Waals surface area contributed by atoms with Crippen LogP contribution in [0.5, 0.6) is 0 Å². The third-order valence-electron chi connectivity index (χ3n) is 5.14. The van der Waals surface area contributed by atoms with Gasteiger partial charge in [0.05, 0.1) is 11.1 Å². The highest BCUT2D eigenvalue weighted by Crippen LogP contribution is 2.29. The van der Waals surface area contributed by atoms with Gasteiger partial charge in [-0.05, 0) is 50.1 Å². The summed E-state index contributed by atoms with van der Waals surface area (Å²) in [4.78, 5) is 19.1. The molecule has 0 atom stereocenters. The summed E-state index contributed by atoms with van der Waals surface area (Å²) >= 11 is 1.55. The van der Waals surface area contributed by atoms with Crippen molar-refractivity contribution in [3.05, 3.63) is 82.1 Å². The second-order valence-corrected chi connectivity index (χ2v) is 10.1. The summed E-state index contributed by atoms with van der Waals surface area (Å²) in [6, 6.07) is 12.3. The van der Waals surface area contributed by atoms with E-state index in [1.54, 1.807) is 35.7 Å². The molecule has 0 saturated carbocycles. The Morgan fingerprint density at radius 2 is 1.90 bits per heavy atom. The zero-order valence-electron chi connectivity index (χ0n) is 17.3. The number of hydrogen-bond acceptors (Lipinski definition) is 5. The molecule has 2 N–H and O–H groups in total. The predicted octanol–water partition coefficient (Wildman–Crippen LogP) is 4.53. The Balaban J connectivity index is 1.69. The average molecular weight is 452 g/mol. The quantitative estimate of drug-likeness (QED) is 0.356. The van der Waals surface area contributed by atoms with Crippen LogP contribution in [0.25, 0.3) is 22.2 Å². The van der Waals surface area contributed by atoms with Crippen molar-refractivity contribution in [2.75, 3.05) is 0 Å². The molecule has 2 heterocycles. The van der Waals surface area contributed by atoms with Gasteiger partial charge in [0, 0.05) is 16.1 Å². The van der Waals surface area contributed by atoms with Crippen LogP contribution in [-0.4, -0.2) is 23.6 Å². The standard InChI is InChI=1S/C23H21N3O3S2/c1-14-7-10-22(31(24,28)29)19(11-14)18-6-4-5-17(12-18)8-9-21(27)20-13-25-23-26(20)15(2)16(3)30-23/h4-13H,1-3H3,(H2,24,28,29). The molecule has 0 aliphatic rings. The number of nitrogens with two attached hydrogens (primary N) is 1. The van der Waals surface area contributed by atoms with Crippen LogP contribution in [0.15, 0.2) is 59.6 Å². The average Bonchev–Trinajstić information content (AvgIpc) is 3.25. The van der Waals surface area contributed by atoms with E-state index in [0.29, 0.717) is 16.8 Å². The summed E-state index contributed by atoms with van der Waals surface area (Å²) < 4.78 is 25.9. The molecule has 0 bridgehead atoms. The van der Waals surface area contributed by atoms with Crippen molar-refractivity contribution in [1.82, 2.24) is 9.38 Å². The molecule has 2 aromatic heterocycles. The van der Waals surface area contributed by atoms with Crippen LogP contribution in [-0.2, 0) is 10.0 Å². The Labute approximate surface area is 184 Å². The molecule has 0 aliphatic carbocycles. The number of aromatic nitrogens is 2. The van der Waals surface area contributed by atoms with E-state index in [2.05, 4.69) is 4.98 Å². The maximum atomic E-state index is 12.8. The fourth-order valence-corrected chi connectivity index (χ4v) is 5.14. The number of primary sulfonamides is 1. The van der Waals surface area contributed by atoms with Crippen molar-refractivity contribution in [2.24, 2.45) is 5.14 Å². The van der Waals surface area contributed by atoms with Crippen molar-refractivity contribution in [2.45, 2.75) is 25.7 Å². The van der Waals surface area contributed by atoms with E-state index < -0.39 is 10.0 Å². The first-order valence-corrected chi connectivity index (χ1v) is 11.9. The van der Waals surface area contributed by atoms with Gasteiger partial charge in [-0.25, -0.2) is 18.5 Å². The van der Waals surface area contributed by atoms with E-state index in [9.17, 15) is 13.2 Å². The number of rotatable bonds is 5. The zero-order chi connectivity index (χ0) is 22.3. The molecule has 4 aromatic rings. The van der Waals surface area contributed by atoms with E-state index in [-0.39, 0.29) is 10.7 Å². The number of fused-ring (bicyclic) bond motifs is 1. The van der Waals surface area contributed by atoms with Gasteiger partial charge >= 0.3 is 0 Å². The van der Waals surface area contributed by atoms with Crippen LogP contribution in [0.4, 0.5) is 0 Å². The van der Waals surface area contributed by atoms with E-state index in [4.69, 9.17) is 5.14 Å². The number of hydrogen-bond donors (Lipinski definition) is 1. The van der Waals surface area contributed by atoms with Gasteiger partial charge in [0.15, 0.2) is 4.96 Å². The third kappa shape index (κ3) is 4.10. The van der Waals surface area contributed by atoms with Crippen molar-refractivity contribution in [3.63, 3.8) is 0 Å². The Hall–Kier alpha value is -3.07. The van der Waals surface area contributed by atoms with Crippen LogP contribution >= 0.6 is 11.3 Å². The predicted molar refractivity (Wildman–Crippen MR) is 124 cm³/mol. The normalized spacial score (nSPS) is 12.1. The summed E-state index contributed by atoms with van der Waals surface area (Å²) in [5, 5.41) is 5.40. The molecule has 0 fully saturated rings. The second-order valence-electron chi connectivity index (χ2n) is 7.37. The molecule has 0 saturated heterocycles. The van der Waals surface area contributed by atoms with Crippen molar-refractivity contribution < 1.29 is 13.2 Å². The monoisotopic (exact) mass is 451 g/mol. The fraction of sp³-hybridized carbons (Fsp3) is 0.130. The fourth-order valence-electron chi connectivity index (χ4n) is 3.46. The number of aryl methyl sites for hydroxylation is 3. The van der Waals surface area contributed by atoms with Crippen molar-refractivity contribution in [1.29, 1.82) is 0 Å². The molecule has 2 aromatic carbocycles. The minimum absolute atomic E-state index is 0.0697. The highest BCUT2D eigenvalue weighted by molar-refractivity contribution is 7.89. The van der Waals surface area contributed by atoms with Gasteiger partial charge in [-0.1, -0.05) is 42.0 Å². The van der Waals surface area contributed by atoms with Gasteiger partial charge in [0.1, 0.15) is 5.69 Å². The lowest BCUT2D eigenvalue weighted by atomic mass is 10.0. The summed E-state index contributed by atoms with van der Waals surface area (Å²) in [7, 11) is -3.87. The van der Waals surface area contributed by atoms with Crippen LogP contribution in [0.2, 0.25) is 0 Å². The topological polar surface area (TPSA) is 94.5 Å². The summed E-state index contributed by atoms with van der Waals surface area (Å²) in [5.41, 5.74) is 4.45. The Morgan fingerprint density at radius 3 is 2.65 bits per heavy atom. The SMILES string of the molecule is Cc1ccc(S(N)(=O)=O)c(-c2cccc(C=CC(=O)c3cnc4sc(C)c(C)n34)c2)c1. The molecule has 4 rings (SSSR count). The lowest BCUT2D eigenvalue weighted by Crippen LogP contribution is -2.13. The number of carbonyl (C=O) groups excluding carboxylic acids is 1. The molecule has 0 aliphatic heterocycles. The molecular weight excluding hydrogens is 430 g/mol. The minimum Gasteiger partial charge on any atom is -0.288 e. The van der Waals surface area contributed by atoms with Gasteiger partial charge in [-0.2, -0.15) is 0 Å². The number of thiazole rings is 1. The molecule has 0 amide bonds. The largest absolute Gasteiger partial charge is 0.288 e. The molecule has 0 spiro atoms. The highest BCUT2D eigenvalue weighted by atomic mass is 32.2. The van der Waals surface area contributed by atoms with Gasteiger partial charge in [-0.15, -0.1) is 11.3 Å². The van der Waals surface area contributed by atoms with Crippen molar-refractivity contribution in [3.8, 4) is 11.1 Å². The first kappa shape index (κ1) is 21.2. The van der Waals surface area contributed by atoms with Gasteiger partial charge in [0.2, 0.25) is 15.8 Å². The van der Waals surface area contributed by atoms with Gasteiger partial charge < -0.3 is 0 Å². The smallest absolute Gasteiger partial charge is 0.238 e. The Bertz CT molecular complexity index is 1460. The first-order valence-electron chi connectivity index (χ1n) is 9.55. The summed E-state index contributed by atoms with van der Waals surface area (Å²) in [6.07, 6.45) is 4.81. The molecule has 0 unspecified atom stereocenters. The maximum absolute atomic E-state index is 12.8. The molecule has 8 heteroatoms. The molecular formula is C23H21N3O3S2. The van der Waals surface area contributed by atoms with Gasteiger partial charge in [-0.3, -0.25) is 9.20 Å². The zero-order valence-corrected chi connectivity index (χ0v) is 18.9. The molecule has 31 heavy (non-hydrogen) atoms. The van der Waals surface area contributed by atoms with E-state index >= 15 is 0 Å². The number of carbonyl (C=O) groups is 1. The van der Waals surface area contributed by atoms with Crippen LogP contribution in [0.1, 0.15) is 32.2 Å². The number of ketones is 1. The third-order valence-corrected chi connectivity index (χ3v) is 7.18. The number of allylic oxidation sites excluding steroid dienone is 1. The number of benzene rings is 2. The van der Waals surface area contributed by atoms with E-state index in [0.717, 1.165) is 26.7 Å². The lowest BCUT2D eigenvalue weighted by Gasteiger charge is -2.10. The first-order chi connectivity index (χ1) is 14.6. The maximum Gasteiger partial charge on any atom is 0.238 e. The number of nitrogens with zero attached hydrogens (tertiary/aromatic N) is 2. The van der Waals surface area contributed by atoms with E-state index in [1.807, 2.05) is 49.4 Å². The second kappa shape index (κ2) is 7.88. The summed E-state index contributed by atoms with van der Waals surface area (Å²) in [6.45, 7) is 5.86. The van der Waals surface area contributed by atoms with Crippen LogP contribution in [0, 0.1) is 20.8 Å². The van der Waals surface area contributed by atoms with Gasteiger partial charge in [0.25, 0.3) is 0 Å². The lowest BCUT2D eigenvalue weighted by molar-refractivity contribution is 0.104. The molecule has 158 valence electrons.